The van der Waals surface area contributed by atoms with E-state index < -0.39 is 0 Å². The molecule has 2 rings (SSSR count). The van der Waals surface area contributed by atoms with Gasteiger partial charge in [0.05, 0.1) is 18.4 Å². The van der Waals surface area contributed by atoms with Crippen LogP contribution in [0.4, 0.5) is 5.13 Å². The molecular weight excluding hydrogens is 198 g/mol. The Morgan fingerprint density at radius 3 is 3.14 bits per heavy atom. The van der Waals surface area contributed by atoms with E-state index in [1.54, 1.807) is 22.2 Å². The molecule has 0 atom stereocenters. The number of nitrogens with one attached hydrogen (secondary N) is 1. The Hall–Kier alpha value is -1.43. The van der Waals surface area contributed by atoms with Crippen LogP contribution in [0.2, 0.25) is 0 Å². The number of hydrogen-bond acceptors (Lipinski definition) is 5. The first-order chi connectivity index (χ1) is 6.84. The first-order valence-electron chi connectivity index (χ1n) is 4.35. The highest BCUT2D eigenvalue weighted by Gasteiger charge is 1.96. The molecule has 2 aromatic rings. The fourth-order valence-corrected chi connectivity index (χ4v) is 1.78. The van der Waals surface area contributed by atoms with Crippen molar-refractivity contribution in [1.82, 2.24) is 20.0 Å². The molecule has 6 heteroatoms. The van der Waals surface area contributed by atoms with Crippen LogP contribution in [-0.4, -0.2) is 26.5 Å². The maximum Gasteiger partial charge on any atom is 0.182 e. The van der Waals surface area contributed by atoms with E-state index >= 15 is 0 Å². The summed E-state index contributed by atoms with van der Waals surface area (Å²) in [6, 6.07) is 0. The van der Waals surface area contributed by atoms with E-state index in [1.165, 1.54) is 0 Å². The van der Waals surface area contributed by atoms with Gasteiger partial charge in [-0.15, -0.1) is 16.4 Å². The zero-order valence-corrected chi connectivity index (χ0v) is 8.66. The average Bonchev–Trinajstić information content (AvgIpc) is 2.77. The van der Waals surface area contributed by atoms with E-state index in [-0.39, 0.29) is 0 Å². The van der Waals surface area contributed by atoms with Crippen LogP contribution in [0.5, 0.6) is 0 Å². The van der Waals surface area contributed by atoms with Gasteiger partial charge < -0.3 is 5.32 Å². The molecule has 0 radical (unpaired) electrons. The van der Waals surface area contributed by atoms with Crippen molar-refractivity contribution in [3.05, 3.63) is 23.5 Å². The molecule has 0 amide bonds. The molecule has 0 spiro atoms. The molecule has 2 aromatic heterocycles. The molecule has 2 heterocycles. The highest BCUT2D eigenvalue weighted by atomic mass is 32.1. The van der Waals surface area contributed by atoms with Crippen molar-refractivity contribution in [1.29, 1.82) is 0 Å². The van der Waals surface area contributed by atoms with E-state index in [0.29, 0.717) is 0 Å². The van der Waals surface area contributed by atoms with E-state index in [0.717, 1.165) is 23.9 Å². The molecule has 0 saturated carbocycles. The summed E-state index contributed by atoms with van der Waals surface area (Å²) in [5, 5.41) is 13.8. The van der Waals surface area contributed by atoms with Gasteiger partial charge in [0.25, 0.3) is 0 Å². The minimum Gasteiger partial charge on any atom is -0.360 e. The summed E-state index contributed by atoms with van der Waals surface area (Å²) < 4.78 is 1.79. The van der Waals surface area contributed by atoms with Crippen molar-refractivity contribution < 1.29 is 0 Å². The predicted molar refractivity (Wildman–Crippen MR) is 55.4 cm³/mol. The van der Waals surface area contributed by atoms with Crippen LogP contribution in [0.1, 0.15) is 5.69 Å². The van der Waals surface area contributed by atoms with Crippen LogP contribution in [-0.2, 0) is 6.54 Å². The number of rotatable bonds is 4. The van der Waals surface area contributed by atoms with Gasteiger partial charge in [0.15, 0.2) is 5.13 Å². The zero-order chi connectivity index (χ0) is 9.80. The molecule has 0 aliphatic rings. The molecule has 0 unspecified atom stereocenters. The Balaban J connectivity index is 1.78. The maximum absolute atomic E-state index is 4.29. The second kappa shape index (κ2) is 4.19. The molecule has 5 nitrogen and oxygen atoms in total. The van der Waals surface area contributed by atoms with Crippen molar-refractivity contribution >= 4 is 16.5 Å². The molecule has 0 aliphatic heterocycles. The van der Waals surface area contributed by atoms with Crippen molar-refractivity contribution in [3.8, 4) is 0 Å². The van der Waals surface area contributed by atoms with Gasteiger partial charge in [-0.2, -0.15) is 0 Å². The minimum atomic E-state index is 0.804. The SMILES string of the molecule is Cc1csc(NCCn2ccnn2)n1. The maximum atomic E-state index is 4.29. The lowest BCUT2D eigenvalue weighted by molar-refractivity contribution is 0.608. The van der Waals surface area contributed by atoms with Crippen LogP contribution in [0, 0.1) is 6.92 Å². The molecule has 0 aromatic carbocycles. The van der Waals surface area contributed by atoms with Gasteiger partial charge in [0.1, 0.15) is 0 Å². The lowest BCUT2D eigenvalue weighted by Crippen LogP contribution is -2.10. The van der Waals surface area contributed by atoms with E-state index in [9.17, 15) is 0 Å². The fraction of sp³-hybridized carbons (Fsp3) is 0.375. The van der Waals surface area contributed by atoms with Crippen molar-refractivity contribution in [2.45, 2.75) is 13.5 Å². The summed E-state index contributed by atoms with van der Waals surface area (Å²) >= 11 is 1.62. The van der Waals surface area contributed by atoms with Crippen LogP contribution in [0.25, 0.3) is 0 Å². The third-order valence-electron chi connectivity index (χ3n) is 1.71. The van der Waals surface area contributed by atoms with Crippen molar-refractivity contribution in [2.24, 2.45) is 0 Å². The lowest BCUT2D eigenvalue weighted by atomic mass is 10.6. The number of hydrogen-bond donors (Lipinski definition) is 1. The number of anilines is 1. The second-order valence-electron chi connectivity index (χ2n) is 2.89. The van der Waals surface area contributed by atoms with Gasteiger partial charge in [0.2, 0.25) is 0 Å². The molecule has 0 bridgehead atoms. The third-order valence-corrected chi connectivity index (χ3v) is 2.63. The number of aryl methyl sites for hydroxylation is 1. The Morgan fingerprint density at radius 2 is 2.50 bits per heavy atom. The smallest absolute Gasteiger partial charge is 0.182 e. The van der Waals surface area contributed by atoms with E-state index in [1.807, 2.05) is 18.5 Å². The summed E-state index contributed by atoms with van der Waals surface area (Å²) in [4.78, 5) is 4.29. The van der Waals surface area contributed by atoms with Gasteiger partial charge in [-0.3, -0.25) is 4.68 Å². The zero-order valence-electron chi connectivity index (χ0n) is 7.84. The Labute approximate surface area is 85.8 Å². The van der Waals surface area contributed by atoms with Crippen LogP contribution < -0.4 is 5.32 Å². The normalized spacial score (nSPS) is 10.4. The van der Waals surface area contributed by atoms with Gasteiger partial charge in [-0.1, -0.05) is 5.21 Å². The van der Waals surface area contributed by atoms with Crippen molar-refractivity contribution in [3.63, 3.8) is 0 Å². The highest BCUT2D eigenvalue weighted by molar-refractivity contribution is 7.13. The quantitative estimate of drug-likeness (QED) is 0.820. The molecule has 0 aliphatic carbocycles. The topological polar surface area (TPSA) is 55.6 Å². The summed E-state index contributed by atoms with van der Waals surface area (Å²) in [5.74, 6) is 0. The largest absolute Gasteiger partial charge is 0.360 e. The molecule has 14 heavy (non-hydrogen) atoms. The number of thiazole rings is 1. The molecule has 0 fully saturated rings. The number of nitrogens with zero attached hydrogens (tertiary/aromatic N) is 4. The molecule has 0 saturated heterocycles. The molecule has 74 valence electrons. The monoisotopic (exact) mass is 209 g/mol. The van der Waals surface area contributed by atoms with Crippen LogP contribution >= 0.6 is 11.3 Å². The summed E-state index contributed by atoms with van der Waals surface area (Å²) in [6.45, 7) is 3.61. The summed E-state index contributed by atoms with van der Waals surface area (Å²) in [6.07, 6.45) is 3.52. The summed E-state index contributed by atoms with van der Waals surface area (Å²) in [5.41, 5.74) is 1.05. The predicted octanol–water partition coefficient (Wildman–Crippen LogP) is 1.16. The fourth-order valence-electron chi connectivity index (χ4n) is 1.06. The first-order valence-corrected chi connectivity index (χ1v) is 5.22. The number of aromatic nitrogens is 4. The average molecular weight is 209 g/mol. The Kier molecular flexibility index (Phi) is 2.73. The van der Waals surface area contributed by atoms with E-state index in [2.05, 4.69) is 20.6 Å². The summed E-state index contributed by atoms with van der Waals surface area (Å²) in [7, 11) is 0. The Morgan fingerprint density at radius 1 is 1.57 bits per heavy atom. The van der Waals surface area contributed by atoms with Crippen LogP contribution in [0.3, 0.4) is 0 Å². The van der Waals surface area contributed by atoms with Gasteiger partial charge in [-0.25, -0.2) is 4.98 Å². The van der Waals surface area contributed by atoms with Gasteiger partial charge in [0, 0.05) is 18.1 Å². The second-order valence-corrected chi connectivity index (χ2v) is 3.75. The molecule has 1 N–H and O–H groups in total. The van der Waals surface area contributed by atoms with Crippen molar-refractivity contribution in [2.75, 3.05) is 11.9 Å². The molecular formula is C8H11N5S. The van der Waals surface area contributed by atoms with E-state index in [4.69, 9.17) is 0 Å². The van der Waals surface area contributed by atoms with Gasteiger partial charge >= 0.3 is 0 Å². The highest BCUT2D eigenvalue weighted by Crippen LogP contribution is 2.13. The van der Waals surface area contributed by atoms with Gasteiger partial charge in [-0.05, 0) is 6.92 Å². The lowest BCUT2D eigenvalue weighted by Gasteiger charge is -2.01. The third kappa shape index (κ3) is 2.29. The Bertz CT molecular complexity index is 380. The minimum absolute atomic E-state index is 0.804. The standard InChI is InChI=1S/C8H11N5S/c1-7-6-14-8(11-7)9-2-4-13-5-3-10-12-13/h3,5-6H,2,4H2,1H3,(H,9,11). The first kappa shape index (κ1) is 9.14. The van der Waals surface area contributed by atoms with Crippen LogP contribution in [0.15, 0.2) is 17.8 Å².